The van der Waals surface area contributed by atoms with E-state index in [1.165, 1.54) is 19.2 Å². The number of rotatable bonds is 5. The van der Waals surface area contributed by atoms with Crippen molar-refractivity contribution in [2.75, 3.05) is 67.9 Å². The van der Waals surface area contributed by atoms with Crippen LogP contribution in [-0.4, -0.2) is 78.0 Å². The number of hydrogen-bond donors (Lipinski definition) is 2. The first kappa shape index (κ1) is 20.1. The van der Waals surface area contributed by atoms with Gasteiger partial charge in [-0.2, -0.15) is 0 Å². The highest BCUT2D eigenvalue weighted by atomic mass is 19.1. The van der Waals surface area contributed by atoms with Crippen LogP contribution in [0.3, 0.4) is 0 Å². The van der Waals surface area contributed by atoms with E-state index in [1.54, 1.807) is 12.1 Å². The van der Waals surface area contributed by atoms with E-state index < -0.39 is 0 Å². The number of carbonyl (C=O) groups is 1. The Morgan fingerprint density at radius 1 is 1.03 bits per heavy atom. The SMILES string of the molecule is O=C1CNc2ncnc(N3CCN(C(CN4CCCC4)c4ccccc4F)CC3)c2N1. The van der Waals surface area contributed by atoms with Crippen LogP contribution in [-0.2, 0) is 4.79 Å². The number of aromatic nitrogens is 2. The number of hydrogen-bond acceptors (Lipinski definition) is 7. The number of benzene rings is 1. The van der Waals surface area contributed by atoms with Crippen LogP contribution in [0.15, 0.2) is 30.6 Å². The lowest BCUT2D eigenvalue weighted by molar-refractivity contribution is -0.114. The molecule has 31 heavy (non-hydrogen) atoms. The van der Waals surface area contributed by atoms with E-state index >= 15 is 0 Å². The minimum atomic E-state index is -0.132. The molecule has 4 heterocycles. The van der Waals surface area contributed by atoms with E-state index in [-0.39, 0.29) is 24.3 Å². The summed E-state index contributed by atoms with van der Waals surface area (Å²) in [5.41, 5.74) is 1.42. The van der Waals surface area contributed by atoms with Crippen LogP contribution in [0.4, 0.5) is 21.7 Å². The van der Waals surface area contributed by atoms with Crippen LogP contribution in [0.25, 0.3) is 0 Å². The average Bonchev–Trinajstić information content (AvgIpc) is 3.31. The summed E-state index contributed by atoms with van der Waals surface area (Å²) in [5, 5.41) is 5.94. The van der Waals surface area contributed by atoms with Gasteiger partial charge in [-0.15, -0.1) is 0 Å². The maximum absolute atomic E-state index is 14.7. The molecule has 1 amide bonds. The second-order valence-electron chi connectivity index (χ2n) is 8.39. The summed E-state index contributed by atoms with van der Waals surface area (Å²) in [7, 11) is 0. The summed E-state index contributed by atoms with van der Waals surface area (Å²) in [5.74, 6) is 1.18. The van der Waals surface area contributed by atoms with Gasteiger partial charge in [-0.1, -0.05) is 18.2 Å². The number of fused-ring (bicyclic) bond motifs is 1. The standard InChI is InChI=1S/C22H28FN7O/c23-17-6-2-1-5-16(17)18(14-28-7-3-4-8-28)29-9-11-30(12-10-29)22-20-21(25-15-26-22)24-13-19(31)27-20/h1-2,5-6,15,18H,3-4,7-14H2,(H,27,31)(H,24,25,26). The molecule has 0 aliphatic carbocycles. The van der Waals surface area contributed by atoms with Crippen molar-refractivity contribution < 1.29 is 9.18 Å². The monoisotopic (exact) mass is 425 g/mol. The Balaban J connectivity index is 1.33. The van der Waals surface area contributed by atoms with Crippen molar-refractivity contribution in [3.05, 3.63) is 42.0 Å². The molecule has 164 valence electrons. The predicted octanol–water partition coefficient (Wildman–Crippen LogP) is 1.94. The Morgan fingerprint density at radius 3 is 2.58 bits per heavy atom. The van der Waals surface area contributed by atoms with E-state index in [0.717, 1.165) is 57.2 Å². The van der Waals surface area contributed by atoms with Crippen molar-refractivity contribution in [2.45, 2.75) is 18.9 Å². The lowest BCUT2D eigenvalue weighted by Gasteiger charge is -2.41. The molecule has 1 aromatic heterocycles. The molecular weight excluding hydrogens is 397 g/mol. The molecule has 0 spiro atoms. The first-order valence-electron chi connectivity index (χ1n) is 11.0. The largest absolute Gasteiger partial charge is 0.359 e. The summed E-state index contributed by atoms with van der Waals surface area (Å²) >= 11 is 0. The van der Waals surface area contributed by atoms with Crippen molar-refractivity contribution in [1.29, 1.82) is 0 Å². The molecule has 1 unspecified atom stereocenters. The summed E-state index contributed by atoms with van der Waals surface area (Å²) in [6, 6.07) is 7.19. The van der Waals surface area contributed by atoms with Crippen molar-refractivity contribution in [2.24, 2.45) is 0 Å². The fourth-order valence-electron chi connectivity index (χ4n) is 4.82. The van der Waals surface area contributed by atoms with Gasteiger partial charge >= 0.3 is 0 Å². The topological polar surface area (TPSA) is 76.6 Å². The highest BCUT2D eigenvalue weighted by Gasteiger charge is 2.31. The average molecular weight is 426 g/mol. The summed E-state index contributed by atoms with van der Waals surface area (Å²) in [4.78, 5) is 27.6. The predicted molar refractivity (Wildman–Crippen MR) is 118 cm³/mol. The summed E-state index contributed by atoms with van der Waals surface area (Å²) < 4.78 is 14.7. The molecule has 0 radical (unpaired) electrons. The Labute approximate surface area is 181 Å². The van der Waals surface area contributed by atoms with Gasteiger partial charge in [-0.25, -0.2) is 14.4 Å². The van der Waals surface area contributed by atoms with E-state index in [4.69, 9.17) is 0 Å². The van der Waals surface area contributed by atoms with Crippen molar-refractivity contribution in [3.63, 3.8) is 0 Å². The van der Waals surface area contributed by atoms with Crippen LogP contribution in [0.1, 0.15) is 24.4 Å². The van der Waals surface area contributed by atoms with Gasteiger partial charge < -0.3 is 20.4 Å². The van der Waals surface area contributed by atoms with Gasteiger partial charge in [-0.05, 0) is 32.0 Å². The minimum absolute atomic E-state index is 0.0298. The van der Waals surface area contributed by atoms with Crippen molar-refractivity contribution in [1.82, 2.24) is 19.8 Å². The smallest absolute Gasteiger partial charge is 0.243 e. The van der Waals surface area contributed by atoms with Gasteiger partial charge in [0, 0.05) is 38.3 Å². The van der Waals surface area contributed by atoms with Crippen LogP contribution in [0.5, 0.6) is 0 Å². The molecule has 1 atom stereocenters. The fourth-order valence-corrected chi connectivity index (χ4v) is 4.82. The maximum atomic E-state index is 14.7. The fraction of sp³-hybridized carbons (Fsp3) is 0.500. The second-order valence-corrected chi connectivity index (χ2v) is 8.39. The quantitative estimate of drug-likeness (QED) is 0.758. The zero-order valence-electron chi connectivity index (χ0n) is 17.6. The normalized spacial score (nSPS) is 20.8. The third-order valence-corrected chi connectivity index (χ3v) is 6.46. The second kappa shape index (κ2) is 8.76. The molecule has 5 rings (SSSR count). The molecule has 2 N–H and O–H groups in total. The van der Waals surface area contributed by atoms with Gasteiger partial charge in [0.25, 0.3) is 0 Å². The van der Waals surface area contributed by atoms with Crippen molar-refractivity contribution >= 4 is 23.2 Å². The maximum Gasteiger partial charge on any atom is 0.243 e. The van der Waals surface area contributed by atoms with E-state index in [9.17, 15) is 9.18 Å². The van der Waals surface area contributed by atoms with Gasteiger partial charge in [0.2, 0.25) is 5.91 Å². The number of nitrogens with zero attached hydrogens (tertiary/aromatic N) is 5. The summed E-state index contributed by atoms with van der Waals surface area (Å²) in [6.07, 6.45) is 3.97. The zero-order chi connectivity index (χ0) is 21.2. The van der Waals surface area contributed by atoms with Crippen LogP contribution in [0, 0.1) is 5.82 Å². The van der Waals surface area contributed by atoms with Crippen LogP contribution in [0.2, 0.25) is 0 Å². The van der Waals surface area contributed by atoms with Crippen LogP contribution < -0.4 is 15.5 Å². The number of amides is 1. The molecule has 0 bridgehead atoms. The number of piperazine rings is 1. The summed E-state index contributed by atoms with van der Waals surface area (Å²) in [6.45, 7) is 6.35. The van der Waals surface area contributed by atoms with Gasteiger partial charge in [0.15, 0.2) is 11.6 Å². The first-order valence-corrected chi connectivity index (χ1v) is 11.0. The van der Waals surface area contributed by atoms with Gasteiger partial charge in [-0.3, -0.25) is 9.69 Å². The number of anilines is 3. The number of nitrogens with one attached hydrogen (secondary N) is 2. The molecule has 0 saturated carbocycles. The third-order valence-electron chi connectivity index (χ3n) is 6.46. The lowest BCUT2D eigenvalue weighted by atomic mass is 10.0. The highest BCUT2D eigenvalue weighted by molar-refractivity contribution is 6.02. The Bertz CT molecular complexity index is 941. The lowest BCUT2D eigenvalue weighted by Crippen LogP contribution is -2.50. The Kier molecular flexibility index (Phi) is 5.69. The van der Waals surface area contributed by atoms with E-state index in [2.05, 4.69) is 35.3 Å². The molecule has 9 heteroatoms. The number of halogens is 1. The minimum Gasteiger partial charge on any atom is -0.359 e. The highest BCUT2D eigenvalue weighted by Crippen LogP contribution is 2.33. The van der Waals surface area contributed by atoms with Crippen molar-refractivity contribution in [3.8, 4) is 0 Å². The molecular formula is C22H28FN7O. The third kappa shape index (κ3) is 4.20. The molecule has 3 aliphatic heterocycles. The van der Waals surface area contributed by atoms with E-state index in [0.29, 0.717) is 11.5 Å². The molecule has 3 aliphatic rings. The molecule has 8 nitrogen and oxygen atoms in total. The molecule has 1 aromatic carbocycles. The first-order chi connectivity index (χ1) is 15.2. The number of likely N-dealkylation sites (tertiary alicyclic amines) is 1. The van der Waals surface area contributed by atoms with Gasteiger partial charge in [0.1, 0.15) is 17.8 Å². The Hall–Kier alpha value is -2.78. The van der Waals surface area contributed by atoms with Crippen LogP contribution >= 0.6 is 0 Å². The molecule has 2 aromatic rings. The molecule has 2 saturated heterocycles. The Morgan fingerprint density at radius 2 is 1.81 bits per heavy atom. The number of carbonyl (C=O) groups excluding carboxylic acids is 1. The van der Waals surface area contributed by atoms with E-state index in [1.807, 2.05) is 12.1 Å². The molecule has 2 fully saturated rings. The van der Waals surface area contributed by atoms with Gasteiger partial charge in [0.05, 0.1) is 12.6 Å². The zero-order valence-corrected chi connectivity index (χ0v) is 17.6.